The Bertz CT molecular complexity index is 434. The predicted molar refractivity (Wildman–Crippen MR) is 69.6 cm³/mol. The third-order valence-corrected chi connectivity index (χ3v) is 3.66. The number of hydrogen-bond acceptors (Lipinski definition) is 5. The fourth-order valence-electron chi connectivity index (χ4n) is 2.67. The fourth-order valence-corrected chi connectivity index (χ4v) is 2.67. The van der Waals surface area contributed by atoms with Crippen molar-refractivity contribution in [2.75, 3.05) is 7.11 Å². The van der Waals surface area contributed by atoms with E-state index in [1.54, 1.807) is 7.11 Å². The van der Waals surface area contributed by atoms with Gasteiger partial charge in [-0.1, -0.05) is 19.0 Å². The Labute approximate surface area is 113 Å². The topological polar surface area (TPSA) is 65.2 Å². The summed E-state index contributed by atoms with van der Waals surface area (Å²) in [4.78, 5) is 16.1. The monoisotopic (exact) mass is 266 g/mol. The molecule has 1 saturated carbocycles. The van der Waals surface area contributed by atoms with Crippen LogP contribution in [0.2, 0.25) is 0 Å². The largest absolute Gasteiger partial charge is 0.370 e. The number of hydrogen-bond donors (Lipinski definition) is 0. The number of Topliss-reactive ketones (excluding diaryl/α,β-unsaturated/α-hetero) is 1. The number of methoxy groups -OCH3 is 1. The second-order valence-electron chi connectivity index (χ2n) is 5.73. The minimum Gasteiger partial charge on any atom is -0.370 e. The number of ketones is 1. The number of ether oxygens (including phenoxy) is 1. The molecule has 0 aliphatic heterocycles. The molecule has 1 aliphatic carbocycles. The quantitative estimate of drug-likeness (QED) is 0.792. The van der Waals surface area contributed by atoms with E-state index in [1.807, 2.05) is 13.8 Å². The van der Waals surface area contributed by atoms with E-state index in [1.165, 1.54) is 0 Å². The third-order valence-electron chi connectivity index (χ3n) is 3.66. The van der Waals surface area contributed by atoms with Gasteiger partial charge in [0.15, 0.2) is 0 Å². The van der Waals surface area contributed by atoms with Crippen molar-refractivity contribution in [2.24, 2.45) is 5.92 Å². The summed E-state index contributed by atoms with van der Waals surface area (Å²) in [5.41, 5.74) is -0.400. The molecular weight excluding hydrogens is 244 g/mol. The predicted octanol–water partition coefficient (Wildman–Crippen LogP) is 2.64. The van der Waals surface area contributed by atoms with Gasteiger partial charge < -0.3 is 9.26 Å². The first-order valence-corrected chi connectivity index (χ1v) is 6.95. The van der Waals surface area contributed by atoms with Gasteiger partial charge in [0.05, 0.1) is 6.42 Å². The van der Waals surface area contributed by atoms with Crippen LogP contribution < -0.4 is 0 Å². The number of carbonyl (C=O) groups is 1. The molecule has 0 unspecified atom stereocenters. The molecule has 5 heteroatoms. The summed E-state index contributed by atoms with van der Waals surface area (Å²) >= 11 is 0. The Morgan fingerprint density at radius 1 is 1.42 bits per heavy atom. The van der Waals surface area contributed by atoms with Crippen LogP contribution in [0.25, 0.3) is 0 Å². The van der Waals surface area contributed by atoms with Crippen LogP contribution in [-0.4, -0.2) is 23.0 Å². The molecule has 0 saturated heterocycles. The lowest BCUT2D eigenvalue weighted by molar-refractivity contribution is -0.119. The summed E-state index contributed by atoms with van der Waals surface area (Å²) in [5, 5.41) is 4.01. The van der Waals surface area contributed by atoms with Crippen molar-refractivity contribution in [3.8, 4) is 0 Å². The first-order chi connectivity index (χ1) is 9.05. The average Bonchev–Trinajstić information content (AvgIpc) is 2.96. The van der Waals surface area contributed by atoms with Gasteiger partial charge in [0, 0.05) is 13.5 Å². The summed E-state index contributed by atoms with van der Waals surface area (Å²) in [5.74, 6) is 1.50. The highest BCUT2D eigenvalue weighted by Crippen LogP contribution is 2.40. The van der Waals surface area contributed by atoms with Gasteiger partial charge in [0.2, 0.25) is 11.7 Å². The van der Waals surface area contributed by atoms with Gasteiger partial charge in [0.25, 0.3) is 0 Å². The zero-order valence-electron chi connectivity index (χ0n) is 11.9. The highest BCUT2D eigenvalue weighted by molar-refractivity contribution is 5.80. The Morgan fingerprint density at radius 2 is 2.11 bits per heavy atom. The molecule has 1 aromatic rings. The van der Waals surface area contributed by atoms with Crippen LogP contribution in [0.5, 0.6) is 0 Å². The van der Waals surface area contributed by atoms with E-state index in [9.17, 15) is 4.79 Å². The molecular formula is C14H22N2O3. The maximum Gasteiger partial charge on any atom is 0.234 e. The van der Waals surface area contributed by atoms with Crippen molar-refractivity contribution in [3.63, 3.8) is 0 Å². The highest BCUT2D eigenvalue weighted by Gasteiger charge is 2.40. The van der Waals surface area contributed by atoms with E-state index in [0.717, 1.165) is 25.7 Å². The molecule has 19 heavy (non-hydrogen) atoms. The maximum absolute atomic E-state index is 11.7. The van der Waals surface area contributed by atoms with Crippen molar-refractivity contribution in [2.45, 2.75) is 58.0 Å². The zero-order valence-corrected chi connectivity index (χ0v) is 11.9. The van der Waals surface area contributed by atoms with Crippen LogP contribution in [0.1, 0.15) is 57.7 Å². The minimum absolute atomic E-state index is 0.142. The lowest BCUT2D eigenvalue weighted by Crippen LogP contribution is -2.26. The van der Waals surface area contributed by atoms with Gasteiger partial charge in [-0.2, -0.15) is 4.98 Å². The van der Waals surface area contributed by atoms with Gasteiger partial charge in [-0.05, 0) is 31.6 Å². The van der Waals surface area contributed by atoms with Gasteiger partial charge in [-0.25, -0.2) is 0 Å². The summed E-state index contributed by atoms with van der Waals surface area (Å²) in [7, 11) is 1.69. The molecule has 1 aromatic heterocycles. The number of nitrogens with zero attached hydrogens (tertiary/aromatic N) is 2. The fraction of sp³-hybridized carbons (Fsp3) is 0.786. The van der Waals surface area contributed by atoms with Crippen LogP contribution >= 0.6 is 0 Å². The molecule has 0 N–H and O–H groups in total. The van der Waals surface area contributed by atoms with Gasteiger partial charge in [0.1, 0.15) is 11.4 Å². The van der Waals surface area contributed by atoms with E-state index in [2.05, 4.69) is 10.1 Å². The highest BCUT2D eigenvalue weighted by atomic mass is 16.5. The lowest BCUT2D eigenvalue weighted by atomic mass is 10.0. The molecule has 0 atom stereocenters. The standard InChI is InChI=1S/C14H22N2O3/c1-10(2)8-11(17)9-12-15-13(16-19-12)14(18-3)6-4-5-7-14/h10H,4-9H2,1-3H3. The molecule has 5 nitrogen and oxygen atoms in total. The molecule has 0 bridgehead atoms. The Kier molecular flexibility index (Phi) is 4.34. The SMILES string of the molecule is COC1(c2noc(CC(=O)CC(C)C)n2)CCCC1. The summed E-state index contributed by atoms with van der Waals surface area (Å²) in [6, 6.07) is 0. The average molecular weight is 266 g/mol. The molecule has 0 aromatic carbocycles. The molecule has 106 valence electrons. The molecule has 2 rings (SSSR count). The number of rotatable bonds is 6. The summed E-state index contributed by atoms with van der Waals surface area (Å²) in [6.45, 7) is 4.05. The van der Waals surface area contributed by atoms with Crippen molar-refractivity contribution in [3.05, 3.63) is 11.7 Å². The first-order valence-electron chi connectivity index (χ1n) is 6.95. The van der Waals surface area contributed by atoms with Gasteiger partial charge in [-0.3, -0.25) is 4.79 Å². The summed E-state index contributed by atoms with van der Waals surface area (Å²) < 4.78 is 10.8. The van der Waals surface area contributed by atoms with E-state index in [4.69, 9.17) is 9.26 Å². The second-order valence-corrected chi connectivity index (χ2v) is 5.73. The van der Waals surface area contributed by atoms with Gasteiger partial charge >= 0.3 is 0 Å². The smallest absolute Gasteiger partial charge is 0.234 e. The van der Waals surface area contributed by atoms with Gasteiger partial charge in [-0.15, -0.1) is 0 Å². The van der Waals surface area contributed by atoms with Crippen molar-refractivity contribution in [1.82, 2.24) is 10.1 Å². The Balaban J connectivity index is 2.04. The van der Waals surface area contributed by atoms with Crippen molar-refractivity contribution in [1.29, 1.82) is 0 Å². The minimum atomic E-state index is -0.400. The van der Waals surface area contributed by atoms with Crippen LogP contribution in [-0.2, 0) is 21.6 Å². The van der Waals surface area contributed by atoms with Crippen LogP contribution in [0.4, 0.5) is 0 Å². The molecule has 0 radical (unpaired) electrons. The molecule has 0 amide bonds. The summed E-state index contributed by atoms with van der Waals surface area (Å²) in [6.07, 6.45) is 4.84. The molecule has 1 aliphatic rings. The first kappa shape index (κ1) is 14.2. The van der Waals surface area contributed by atoms with E-state index >= 15 is 0 Å². The maximum atomic E-state index is 11.7. The van der Waals surface area contributed by atoms with E-state index in [0.29, 0.717) is 24.1 Å². The van der Waals surface area contributed by atoms with Crippen LogP contribution in [0.15, 0.2) is 4.52 Å². The number of carbonyl (C=O) groups excluding carboxylic acids is 1. The Hall–Kier alpha value is -1.23. The van der Waals surface area contributed by atoms with Crippen LogP contribution in [0.3, 0.4) is 0 Å². The Morgan fingerprint density at radius 3 is 2.68 bits per heavy atom. The second kappa shape index (κ2) is 5.82. The molecule has 1 heterocycles. The van der Waals surface area contributed by atoms with Crippen LogP contribution in [0, 0.1) is 5.92 Å². The van der Waals surface area contributed by atoms with E-state index in [-0.39, 0.29) is 12.2 Å². The van der Waals surface area contributed by atoms with Crippen molar-refractivity contribution >= 4 is 5.78 Å². The molecule has 0 spiro atoms. The third kappa shape index (κ3) is 3.21. The number of aromatic nitrogens is 2. The lowest BCUT2D eigenvalue weighted by Gasteiger charge is -2.22. The zero-order chi connectivity index (χ0) is 13.9. The van der Waals surface area contributed by atoms with E-state index < -0.39 is 5.60 Å². The molecule has 1 fully saturated rings. The normalized spacial score (nSPS) is 18.1. The van der Waals surface area contributed by atoms with Crippen molar-refractivity contribution < 1.29 is 14.1 Å².